The smallest absolute Gasteiger partial charge is 0.245 e. The van der Waals surface area contributed by atoms with Crippen molar-refractivity contribution in [2.24, 2.45) is 0 Å². The first-order valence-electron chi connectivity index (χ1n) is 9.11. The third kappa shape index (κ3) is 3.90. The molecule has 1 amide bonds. The lowest BCUT2D eigenvalue weighted by molar-refractivity contribution is -0.116. The number of nitrogens with zero attached hydrogens (tertiary/aromatic N) is 4. The van der Waals surface area contributed by atoms with Crippen molar-refractivity contribution in [1.29, 1.82) is 0 Å². The zero-order valence-corrected chi connectivity index (χ0v) is 18.0. The van der Waals surface area contributed by atoms with Crippen LogP contribution in [0.3, 0.4) is 0 Å². The normalized spacial score (nSPS) is 15.0. The number of aryl methyl sites for hydroxylation is 1. The number of likely N-dealkylation sites (N-methyl/N-ethyl adjacent to an activating group) is 2. The number of rotatable bonds is 5. The summed E-state index contributed by atoms with van der Waals surface area (Å²) >= 11 is 1.45. The van der Waals surface area contributed by atoms with Gasteiger partial charge in [0, 0.05) is 30.4 Å². The Morgan fingerprint density at radius 2 is 2.21 bits per heavy atom. The summed E-state index contributed by atoms with van der Waals surface area (Å²) in [4.78, 5) is 20.4. The van der Waals surface area contributed by atoms with Gasteiger partial charge in [-0.1, -0.05) is 0 Å². The molecule has 9 nitrogen and oxygen atoms in total. The van der Waals surface area contributed by atoms with Crippen LogP contribution in [0.5, 0.6) is 0 Å². The van der Waals surface area contributed by atoms with Gasteiger partial charge in [-0.15, -0.1) is 11.3 Å². The highest BCUT2D eigenvalue weighted by molar-refractivity contribution is 7.89. The highest BCUT2D eigenvalue weighted by Gasteiger charge is 2.27. The molecule has 0 unspecified atom stereocenters. The molecular formula is C18H22N6O3S2. The second-order valence-corrected chi connectivity index (χ2v) is 10.4. The molecule has 0 saturated heterocycles. The molecule has 3 heterocycles. The minimum absolute atomic E-state index is 0.105. The van der Waals surface area contributed by atoms with Crippen LogP contribution in [0.1, 0.15) is 16.1 Å². The van der Waals surface area contributed by atoms with Crippen molar-refractivity contribution in [2.45, 2.75) is 24.8 Å². The first kappa shape index (κ1) is 20.0. The average Bonchev–Trinajstić information content (AvgIpc) is 3.26. The van der Waals surface area contributed by atoms with Gasteiger partial charge < -0.3 is 10.2 Å². The van der Waals surface area contributed by atoms with Crippen LogP contribution in [-0.4, -0.2) is 65.9 Å². The molecule has 0 aliphatic carbocycles. The lowest BCUT2D eigenvalue weighted by atomic mass is 10.2. The quantitative estimate of drug-likeness (QED) is 0.631. The minimum Gasteiger partial charge on any atom is -0.301 e. The molecule has 29 heavy (non-hydrogen) atoms. The lowest BCUT2D eigenvalue weighted by Crippen LogP contribution is -2.35. The first-order chi connectivity index (χ1) is 13.7. The monoisotopic (exact) mass is 434 g/mol. The van der Waals surface area contributed by atoms with Gasteiger partial charge in [0.15, 0.2) is 5.13 Å². The van der Waals surface area contributed by atoms with Crippen LogP contribution < -0.4 is 5.32 Å². The summed E-state index contributed by atoms with van der Waals surface area (Å²) < 4.78 is 27.2. The summed E-state index contributed by atoms with van der Waals surface area (Å²) in [5.41, 5.74) is 2.20. The van der Waals surface area contributed by atoms with E-state index in [0.29, 0.717) is 16.0 Å². The number of anilines is 1. The van der Waals surface area contributed by atoms with Gasteiger partial charge in [0.25, 0.3) is 0 Å². The van der Waals surface area contributed by atoms with E-state index < -0.39 is 15.9 Å². The van der Waals surface area contributed by atoms with Crippen LogP contribution in [0.4, 0.5) is 5.13 Å². The SMILES string of the molecule is Cc1cc(S(=O)(=O)N(C)CC(=O)Nc2nc3c(s2)CCN(C)C3)c2[nH]ncc2c1. The Morgan fingerprint density at radius 3 is 3.00 bits per heavy atom. The number of aromatic amines is 1. The Labute approximate surface area is 172 Å². The van der Waals surface area contributed by atoms with Crippen LogP contribution in [0.15, 0.2) is 23.2 Å². The highest BCUT2D eigenvalue weighted by Crippen LogP contribution is 2.28. The summed E-state index contributed by atoms with van der Waals surface area (Å²) in [6.45, 7) is 3.22. The molecule has 11 heteroatoms. The van der Waals surface area contributed by atoms with E-state index >= 15 is 0 Å². The van der Waals surface area contributed by atoms with Gasteiger partial charge in [0.05, 0.1) is 24.0 Å². The van der Waals surface area contributed by atoms with Gasteiger partial charge in [-0.2, -0.15) is 9.40 Å². The number of benzene rings is 1. The molecule has 4 rings (SSSR count). The molecular weight excluding hydrogens is 412 g/mol. The molecule has 0 saturated carbocycles. The number of aromatic nitrogens is 3. The fraction of sp³-hybridized carbons (Fsp3) is 0.389. The molecule has 1 aliphatic rings. The Bertz CT molecular complexity index is 1180. The van der Waals surface area contributed by atoms with Crippen molar-refractivity contribution in [2.75, 3.05) is 32.5 Å². The number of hydrogen-bond donors (Lipinski definition) is 2. The van der Waals surface area contributed by atoms with Gasteiger partial charge in [-0.05, 0) is 38.1 Å². The number of H-pyrrole nitrogens is 1. The topological polar surface area (TPSA) is 111 Å². The zero-order chi connectivity index (χ0) is 20.8. The molecule has 0 atom stereocenters. The molecule has 0 fully saturated rings. The van der Waals surface area contributed by atoms with Crippen molar-refractivity contribution < 1.29 is 13.2 Å². The van der Waals surface area contributed by atoms with Crippen molar-refractivity contribution >= 4 is 43.3 Å². The van der Waals surface area contributed by atoms with E-state index in [1.54, 1.807) is 12.3 Å². The largest absolute Gasteiger partial charge is 0.301 e. The zero-order valence-electron chi connectivity index (χ0n) is 16.4. The summed E-state index contributed by atoms with van der Waals surface area (Å²) in [5, 5.41) is 10.6. The molecule has 0 radical (unpaired) electrons. The first-order valence-corrected chi connectivity index (χ1v) is 11.4. The summed E-state index contributed by atoms with van der Waals surface area (Å²) in [6.07, 6.45) is 2.48. The maximum Gasteiger partial charge on any atom is 0.245 e. The Kier molecular flexibility index (Phi) is 5.15. The second-order valence-electron chi connectivity index (χ2n) is 7.28. The molecule has 2 aromatic heterocycles. The molecule has 1 aliphatic heterocycles. The van der Waals surface area contributed by atoms with Crippen LogP contribution in [0.2, 0.25) is 0 Å². The van der Waals surface area contributed by atoms with Crippen LogP contribution in [0, 0.1) is 6.92 Å². The summed E-state index contributed by atoms with van der Waals surface area (Å²) in [7, 11) is -0.457. The number of carbonyl (C=O) groups excluding carboxylic acids is 1. The van der Waals surface area contributed by atoms with E-state index in [4.69, 9.17) is 0 Å². The predicted molar refractivity (Wildman–Crippen MR) is 111 cm³/mol. The third-order valence-electron chi connectivity index (χ3n) is 4.88. The maximum atomic E-state index is 13.1. The van der Waals surface area contributed by atoms with Gasteiger partial charge in [-0.25, -0.2) is 13.4 Å². The molecule has 0 spiro atoms. The van der Waals surface area contributed by atoms with Crippen molar-refractivity contribution in [3.8, 4) is 0 Å². The Hall–Kier alpha value is -2.34. The van der Waals surface area contributed by atoms with Crippen LogP contribution >= 0.6 is 11.3 Å². The van der Waals surface area contributed by atoms with Crippen LogP contribution in [-0.2, 0) is 27.8 Å². The average molecular weight is 435 g/mol. The van der Waals surface area contributed by atoms with E-state index in [-0.39, 0.29) is 11.4 Å². The minimum atomic E-state index is -3.88. The number of hydrogen-bond acceptors (Lipinski definition) is 7. The van der Waals surface area contributed by atoms with Gasteiger partial charge >= 0.3 is 0 Å². The summed E-state index contributed by atoms with van der Waals surface area (Å²) in [5.74, 6) is -0.427. The Morgan fingerprint density at radius 1 is 1.41 bits per heavy atom. The number of carbonyl (C=O) groups is 1. The molecule has 1 aromatic carbocycles. The van der Waals surface area contributed by atoms with Gasteiger partial charge in [-0.3, -0.25) is 9.89 Å². The van der Waals surface area contributed by atoms with E-state index in [1.807, 2.05) is 20.0 Å². The van der Waals surface area contributed by atoms with Crippen molar-refractivity contribution in [1.82, 2.24) is 24.4 Å². The standard InChI is InChI=1S/C18H22N6O3S2/c1-11-6-12-8-19-22-17(12)15(7-11)29(26,27)24(3)10-16(25)21-18-20-13-9-23(2)5-4-14(13)28-18/h6-8H,4-5,9-10H2,1-3H3,(H,19,22)(H,20,21,25). The molecule has 0 bridgehead atoms. The molecule has 154 valence electrons. The lowest BCUT2D eigenvalue weighted by Gasteiger charge is -2.20. The number of fused-ring (bicyclic) bond motifs is 2. The second kappa shape index (κ2) is 7.48. The van der Waals surface area contributed by atoms with Crippen molar-refractivity contribution in [3.63, 3.8) is 0 Å². The van der Waals surface area contributed by atoms with Gasteiger partial charge in [0.1, 0.15) is 4.90 Å². The molecule has 3 aromatic rings. The summed E-state index contributed by atoms with van der Waals surface area (Å²) in [6, 6.07) is 3.43. The fourth-order valence-corrected chi connectivity index (χ4v) is 5.72. The van der Waals surface area contributed by atoms with Crippen LogP contribution in [0.25, 0.3) is 10.9 Å². The number of nitrogens with one attached hydrogen (secondary N) is 2. The van der Waals surface area contributed by atoms with E-state index in [2.05, 4.69) is 25.4 Å². The van der Waals surface area contributed by atoms with E-state index in [1.165, 1.54) is 23.3 Å². The predicted octanol–water partition coefficient (Wildman–Crippen LogP) is 1.57. The number of thiazole rings is 1. The Balaban J connectivity index is 1.50. The highest BCUT2D eigenvalue weighted by atomic mass is 32.2. The maximum absolute atomic E-state index is 13.1. The fourth-order valence-electron chi connectivity index (χ4n) is 3.37. The number of amides is 1. The van der Waals surface area contributed by atoms with E-state index in [9.17, 15) is 13.2 Å². The van der Waals surface area contributed by atoms with Crippen molar-refractivity contribution in [3.05, 3.63) is 34.5 Å². The number of sulfonamides is 1. The molecule has 2 N–H and O–H groups in total. The van der Waals surface area contributed by atoms with Gasteiger partial charge in [0.2, 0.25) is 15.9 Å². The third-order valence-corrected chi connectivity index (χ3v) is 7.78. The van der Waals surface area contributed by atoms with E-state index in [0.717, 1.165) is 35.1 Å².